The summed E-state index contributed by atoms with van der Waals surface area (Å²) in [5.74, 6) is -0.225. The third-order valence-electron chi connectivity index (χ3n) is 3.54. The van der Waals surface area contributed by atoms with Gasteiger partial charge in [-0.1, -0.05) is 6.07 Å². The van der Waals surface area contributed by atoms with Crippen LogP contribution in [-0.4, -0.2) is 29.2 Å². The molecule has 0 aromatic heterocycles. The molecule has 20 heavy (non-hydrogen) atoms. The Morgan fingerprint density at radius 2 is 1.75 bits per heavy atom. The minimum atomic E-state index is -0.225. The van der Waals surface area contributed by atoms with E-state index in [2.05, 4.69) is 32.6 Å². The summed E-state index contributed by atoms with van der Waals surface area (Å²) >= 11 is 0. The molecular formula is C16H25FN2O. The van der Waals surface area contributed by atoms with E-state index in [4.69, 9.17) is 10.5 Å². The van der Waals surface area contributed by atoms with Crippen LogP contribution >= 0.6 is 0 Å². The van der Waals surface area contributed by atoms with Gasteiger partial charge in [-0.25, -0.2) is 4.39 Å². The van der Waals surface area contributed by atoms with E-state index in [0.717, 1.165) is 30.8 Å². The molecule has 3 nitrogen and oxygen atoms in total. The van der Waals surface area contributed by atoms with E-state index in [1.54, 1.807) is 0 Å². The van der Waals surface area contributed by atoms with E-state index in [1.807, 2.05) is 6.07 Å². The Morgan fingerprint density at radius 3 is 2.30 bits per heavy atom. The molecule has 0 amide bonds. The van der Waals surface area contributed by atoms with E-state index in [-0.39, 0.29) is 17.0 Å². The summed E-state index contributed by atoms with van der Waals surface area (Å²) in [5, 5.41) is 0. The van der Waals surface area contributed by atoms with Crippen molar-refractivity contribution in [1.29, 1.82) is 0 Å². The number of halogens is 1. The molecule has 1 heterocycles. The number of hydrogen-bond donors (Lipinski definition) is 1. The van der Waals surface area contributed by atoms with Crippen molar-refractivity contribution in [2.75, 3.05) is 13.1 Å². The van der Waals surface area contributed by atoms with Crippen molar-refractivity contribution >= 4 is 0 Å². The number of rotatable bonds is 3. The number of ether oxygens (including phenoxy) is 1. The highest BCUT2D eigenvalue weighted by Crippen LogP contribution is 2.29. The third-order valence-corrected chi connectivity index (χ3v) is 3.54. The van der Waals surface area contributed by atoms with Crippen LogP contribution in [0.3, 0.4) is 0 Å². The van der Waals surface area contributed by atoms with Gasteiger partial charge in [0.05, 0.1) is 11.2 Å². The topological polar surface area (TPSA) is 38.5 Å². The van der Waals surface area contributed by atoms with Crippen molar-refractivity contribution in [2.24, 2.45) is 5.73 Å². The lowest BCUT2D eigenvalue weighted by molar-refractivity contribution is -0.182. The van der Waals surface area contributed by atoms with Gasteiger partial charge in [-0.2, -0.15) is 0 Å². The van der Waals surface area contributed by atoms with Gasteiger partial charge in [0.1, 0.15) is 5.82 Å². The molecule has 2 N–H and O–H groups in total. The van der Waals surface area contributed by atoms with Gasteiger partial charge in [0, 0.05) is 26.2 Å². The Balaban J connectivity index is 2.17. The van der Waals surface area contributed by atoms with Gasteiger partial charge in [0.25, 0.3) is 0 Å². The van der Waals surface area contributed by atoms with Crippen molar-refractivity contribution in [1.82, 2.24) is 4.90 Å². The van der Waals surface area contributed by atoms with Crippen LogP contribution in [0.25, 0.3) is 0 Å². The summed E-state index contributed by atoms with van der Waals surface area (Å²) < 4.78 is 19.3. The smallest absolute Gasteiger partial charge is 0.123 e. The Hall–Kier alpha value is -0.970. The second kappa shape index (κ2) is 5.43. The summed E-state index contributed by atoms with van der Waals surface area (Å²) in [6.45, 7) is 11.3. The van der Waals surface area contributed by atoms with Crippen LogP contribution in [0.4, 0.5) is 4.39 Å². The Morgan fingerprint density at radius 1 is 1.15 bits per heavy atom. The molecule has 0 saturated carbocycles. The molecule has 0 aliphatic carbocycles. The summed E-state index contributed by atoms with van der Waals surface area (Å²) in [4.78, 5) is 2.36. The molecule has 1 aromatic carbocycles. The third kappa shape index (κ3) is 3.78. The van der Waals surface area contributed by atoms with Gasteiger partial charge in [0.2, 0.25) is 0 Å². The van der Waals surface area contributed by atoms with Crippen LogP contribution in [0.15, 0.2) is 18.2 Å². The maximum atomic E-state index is 13.3. The predicted molar refractivity (Wildman–Crippen MR) is 78.8 cm³/mol. The first-order chi connectivity index (χ1) is 9.21. The number of hydrogen-bond acceptors (Lipinski definition) is 3. The number of nitrogens with two attached hydrogens (primary N) is 1. The van der Waals surface area contributed by atoms with E-state index in [9.17, 15) is 4.39 Å². The molecule has 1 fully saturated rings. The quantitative estimate of drug-likeness (QED) is 0.925. The zero-order valence-corrected chi connectivity index (χ0v) is 12.9. The number of morpholine rings is 1. The van der Waals surface area contributed by atoms with E-state index in [0.29, 0.717) is 6.54 Å². The fraction of sp³-hybridized carbons (Fsp3) is 0.625. The average molecular weight is 280 g/mol. The number of benzene rings is 1. The zero-order valence-electron chi connectivity index (χ0n) is 12.9. The summed E-state index contributed by atoms with van der Waals surface area (Å²) in [7, 11) is 0. The highest BCUT2D eigenvalue weighted by Gasteiger charge is 2.38. The molecular weight excluding hydrogens is 255 g/mol. The second-order valence-corrected chi connectivity index (χ2v) is 6.88. The van der Waals surface area contributed by atoms with Crippen LogP contribution in [0, 0.1) is 5.82 Å². The van der Waals surface area contributed by atoms with Crippen LogP contribution in [0.5, 0.6) is 0 Å². The highest BCUT2D eigenvalue weighted by molar-refractivity contribution is 5.28. The lowest BCUT2D eigenvalue weighted by Gasteiger charge is -2.47. The summed E-state index contributed by atoms with van der Waals surface area (Å²) in [6.07, 6.45) is 0. The molecule has 0 bridgehead atoms. The monoisotopic (exact) mass is 280 g/mol. The minimum Gasteiger partial charge on any atom is -0.367 e. The molecule has 1 saturated heterocycles. The molecule has 4 heteroatoms. The second-order valence-electron chi connectivity index (χ2n) is 6.88. The maximum Gasteiger partial charge on any atom is 0.123 e. The van der Waals surface area contributed by atoms with Gasteiger partial charge in [-0.15, -0.1) is 0 Å². The summed E-state index contributed by atoms with van der Waals surface area (Å²) in [5.41, 5.74) is 7.35. The number of nitrogens with zero attached hydrogens (tertiary/aromatic N) is 1. The molecule has 0 radical (unpaired) electrons. The average Bonchev–Trinajstić information content (AvgIpc) is 2.27. The van der Waals surface area contributed by atoms with E-state index in [1.165, 1.54) is 12.1 Å². The van der Waals surface area contributed by atoms with Gasteiger partial charge in [-0.3, -0.25) is 4.90 Å². The largest absolute Gasteiger partial charge is 0.367 e. The van der Waals surface area contributed by atoms with Gasteiger partial charge < -0.3 is 10.5 Å². The van der Waals surface area contributed by atoms with Crippen molar-refractivity contribution in [3.63, 3.8) is 0 Å². The van der Waals surface area contributed by atoms with Crippen molar-refractivity contribution in [3.05, 3.63) is 35.1 Å². The normalized spacial score (nSPS) is 21.9. The lowest BCUT2D eigenvalue weighted by Crippen LogP contribution is -2.56. The molecule has 1 aliphatic rings. The van der Waals surface area contributed by atoms with Crippen molar-refractivity contribution in [2.45, 2.75) is 52.0 Å². The molecule has 0 unspecified atom stereocenters. The Labute approximate surface area is 120 Å². The fourth-order valence-corrected chi connectivity index (χ4v) is 3.24. The van der Waals surface area contributed by atoms with Gasteiger partial charge in [0.15, 0.2) is 0 Å². The molecule has 0 atom stereocenters. The Kier molecular flexibility index (Phi) is 4.19. The van der Waals surface area contributed by atoms with Crippen molar-refractivity contribution < 1.29 is 9.13 Å². The van der Waals surface area contributed by atoms with Crippen LogP contribution in [-0.2, 0) is 17.8 Å². The minimum absolute atomic E-state index is 0.176. The van der Waals surface area contributed by atoms with E-state index < -0.39 is 0 Å². The maximum absolute atomic E-state index is 13.3. The first-order valence-electron chi connectivity index (χ1n) is 7.11. The first-order valence-corrected chi connectivity index (χ1v) is 7.11. The fourth-order valence-electron chi connectivity index (χ4n) is 3.24. The van der Waals surface area contributed by atoms with Gasteiger partial charge in [-0.05, 0) is 51.0 Å². The van der Waals surface area contributed by atoms with E-state index >= 15 is 0 Å². The standard InChI is InChI=1S/C16H25FN2O/c1-15(2)10-19(11-16(3,4)20-15)9-12-5-6-14(17)7-13(12)8-18/h5-7H,8-11,18H2,1-4H3. The predicted octanol–water partition coefficient (Wildman–Crippen LogP) is 2.67. The van der Waals surface area contributed by atoms with Crippen LogP contribution in [0.1, 0.15) is 38.8 Å². The lowest BCUT2D eigenvalue weighted by atomic mass is 9.97. The molecule has 112 valence electrons. The highest BCUT2D eigenvalue weighted by atomic mass is 19.1. The molecule has 1 aromatic rings. The zero-order chi connectivity index (χ0) is 15.0. The SMILES string of the molecule is CC1(C)CN(Cc2ccc(F)cc2CN)CC(C)(C)O1. The van der Waals surface area contributed by atoms with Gasteiger partial charge >= 0.3 is 0 Å². The van der Waals surface area contributed by atoms with Crippen LogP contribution in [0.2, 0.25) is 0 Å². The first kappa shape index (κ1) is 15.4. The summed E-state index contributed by atoms with van der Waals surface area (Å²) in [6, 6.07) is 4.88. The Bertz CT molecular complexity index is 469. The van der Waals surface area contributed by atoms with Crippen LogP contribution < -0.4 is 5.73 Å². The molecule has 1 aliphatic heterocycles. The van der Waals surface area contributed by atoms with Crippen molar-refractivity contribution in [3.8, 4) is 0 Å². The molecule has 2 rings (SSSR count). The molecule has 0 spiro atoms.